The van der Waals surface area contributed by atoms with Crippen molar-refractivity contribution < 1.29 is 4.74 Å². The molecule has 1 N–H and O–H groups in total. The number of methoxy groups -OCH3 is 1. The highest BCUT2D eigenvalue weighted by molar-refractivity contribution is 4.83. The van der Waals surface area contributed by atoms with Crippen LogP contribution in [0.1, 0.15) is 12.7 Å². The second-order valence-electron chi connectivity index (χ2n) is 2.94. The first-order chi connectivity index (χ1) is 6.27. The average Bonchev–Trinajstić information content (AvgIpc) is 2.54. The topological polar surface area (TPSA) is 52.0 Å². The van der Waals surface area contributed by atoms with E-state index in [2.05, 4.69) is 15.4 Å². The maximum Gasteiger partial charge on any atom is 0.140 e. The summed E-state index contributed by atoms with van der Waals surface area (Å²) >= 11 is 0. The lowest BCUT2D eigenvalue weighted by molar-refractivity contribution is 0.0987. The molecular weight excluding hydrogens is 168 g/mol. The molecule has 0 aliphatic rings. The molecule has 0 radical (unpaired) electrons. The number of hydrogen-bond acceptors (Lipinski definition) is 4. The van der Waals surface area contributed by atoms with Gasteiger partial charge in [0.25, 0.3) is 0 Å². The minimum Gasteiger partial charge on any atom is -0.380 e. The fourth-order valence-corrected chi connectivity index (χ4v) is 1.05. The Balaban J connectivity index is 2.59. The van der Waals surface area contributed by atoms with Gasteiger partial charge in [-0.25, -0.2) is 9.67 Å². The van der Waals surface area contributed by atoms with Crippen molar-refractivity contribution in [2.24, 2.45) is 0 Å². The molecule has 0 spiro atoms. The van der Waals surface area contributed by atoms with E-state index in [0.29, 0.717) is 0 Å². The molecule has 0 aliphatic carbocycles. The minimum atomic E-state index is 0.164. The molecule has 13 heavy (non-hydrogen) atoms. The number of nitrogens with zero attached hydrogens (tertiary/aromatic N) is 3. The number of rotatable bonds is 5. The van der Waals surface area contributed by atoms with E-state index in [0.717, 1.165) is 18.9 Å². The molecule has 0 saturated heterocycles. The van der Waals surface area contributed by atoms with Gasteiger partial charge in [-0.15, -0.1) is 0 Å². The van der Waals surface area contributed by atoms with Crippen LogP contribution in [0, 0.1) is 0 Å². The zero-order valence-electron chi connectivity index (χ0n) is 8.32. The van der Waals surface area contributed by atoms with Crippen LogP contribution in [0.4, 0.5) is 0 Å². The Morgan fingerprint density at radius 1 is 1.69 bits per heavy atom. The quantitative estimate of drug-likeness (QED) is 0.701. The van der Waals surface area contributed by atoms with Crippen molar-refractivity contribution in [1.29, 1.82) is 0 Å². The third-order valence-corrected chi connectivity index (χ3v) is 1.86. The molecule has 1 aromatic heterocycles. The summed E-state index contributed by atoms with van der Waals surface area (Å²) in [6.45, 7) is 3.48. The van der Waals surface area contributed by atoms with E-state index >= 15 is 0 Å². The molecule has 74 valence electrons. The van der Waals surface area contributed by atoms with Crippen molar-refractivity contribution in [1.82, 2.24) is 20.1 Å². The zero-order chi connectivity index (χ0) is 9.68. The lowest BCUT2D eigenvalue weighted by Gasteiger charge is -2.10. The lowest BCUT2D eigenvalue weighted by Crippen LogP contribution is -2.20. The Labute approximate surface area is 78.1 Å². The van der Waals surface area contributed by atoms with Crippen LogP contribution in [0.15, 0.2) is 6.33 Å². The second kappa shape index (κ2) is 4.94. The zero-order valence-corrected chi connectivity index (χ0v) is 8.32. The van der Waals surface area contributed by atoms with Crippen LogP contribution in [0.3, 0.4) is 0 Å². The van der Waals surface area contributed by atoms with Crippen LogP contribution in [-0.4, -0.2) is 35.0 Å². The van der Waals surface area contributed by atoms with Gasteiger partial charge in [0.15, 0.2) is 0 Å². The number of ether oxygens (including phenoxy) is 1. The third-order valence-electron chi connectivity index (χ3n) is 1.86. The van der Waals surface area contributed by atoms with Crippen LogP contribution in [0.2, 0.25) is 0 Å². The normalized spacial score (nSPS) is 13.2. The predicted molar refractivity (Wildman–Crippen MR) is 49.3 cm³/mol. The molecule has 0 bridgehead atoms. The van der Waals surface area contributed by atoms with Gasteiger partial charge < -0.3 is 10.1 Å². The fraction of sp³-hybridized carbons (Fsp3) is 0.750. The van der Waals surface area contributed by atoms with Crippen LogP contribution >= 0.6 is 0 Å². The molecule has 0 amide bonds. The first kappa shape index (κ1) is 10.1. The molecule has 1 heterocycles. The largest absolute Gasteiger partial charge is 0.380 e. The maximum absolute atomic E-state index is 5.15. The number of nitrogens with one attached hydrogen (secondary N) is 1. The van der Waals surface area contributed by atoms with E-state index < -0.39 is 0 Å². The van der Waals surface area contributed by atoms with E-state index in [1.54, 1.807) is 13.4 Å². The lowest BCUT2D eigenvalue weighted by atomic mass is 10.4. The van der Waals surface area contributed by atoms with Crippen molar-refractivity contribution in [2.75, 3.05) is 14.2 Å². The second-order valence-corrected chi connectivity index (χ2v) is 2.94. The van der Waals surface area contributed by atoms with Gasteiger partial charge in [0.1, 0.15) is 12.2 Å². The van der Waals surface area contributed by atoms with Crippen LogP contribution < -0.4 is 5.32 Å². The van der Waals surface area contributed by atoms with E-state index in [4.69, 9.17) is 4.74 Å². The molecule has 0 fully saturated rings. The summed E-state index contributed by atoms with van der Waals surface area (Å²) < 4.78 is 7.00. The Bertz CT molecular complexity index is 248. The van der Waals surface area contributed by atoms with Crippen molar-refractivity contribution >= 4 is 0 Å². The molecule has 0 aliphatic heterocycles. The molecule has 1 aromatic rings. The summed E-state index contributed by atoms with van der Waals surface area (Å²) in [5.41, 5.74) is 0. The fourth-order valence-electron chi connectivity index (χ4n) is 1.05. The standard InChI is InChI=1S/C8H16N4O/c1-7(13-3)5-12-8(4-9-2)10-6-11-12/h6-7,9H,4-5H2,1-3H3. The van der Waals surface area contributed by atoms with E-state index in [-0.39, 0.29) is 6.10 Å². The van der Waals surface area contributed by atoms with Gasteiger partial charge >= 0.3 is 0 Å². The van der Waals surface area contributed by atoms with Gasteiger partial charge in [0.2, 0.25) is 0 Å². The van der Waals surface area contributed by atoms with Crippen LogP contribution in [-0.2, 0) is 17.8 Å². The van der Waals surface area contributed by atoms with Crippen molar-refractivity contribution in [3.05, 3.63) is 12.2 Å². The molecule has 5 heteroatoms. The Hall–Kier alpha value is -0.940. The van der Waals surface area contributed by atoms with Gasteiger partial charge in [-0.2, -0.15) is 5.10 Å². The van der Waals surface area contributed by atoms with E-state index in [1.165, 1.54) is 0 Å². The highest BCUT2D eigenvalue weighted by Crippen LogP contribution is 1.98. The average molecular weight is 184 g/mol. The Morgan fingerprint density at radius 2 is 2.46 bits per heavy atom. The van der Waals surface area contributed by atoms with Gasteiger partial charge in [0, 0.05) is 7.11 Å². The van der Waals surface area contributed by atoms with Crippen LogP contribution in [0.25, 0.3) is 0 Å². The SMILES string of the molecule is CNCc1ncnn1CC(C)OC. The molecule has 1 unspecified atom stereocenters. The van der Waals surface area contributed by atoms with Gasteiger partial charge in [-0.3, -0.25) is 0 Å². The summed E-state index contributed by atoms with van der Waals surface area (Å²) in [4.78, 5) is 4.13. The Kier molecular flexibility index (Phi) is 3.85. The van der Waals surface area contributed by atoms with Crippen molar-refractivity contribution in [3.8, 4) is 0 Å². The van der Waals surface area contributed by atoms with E-state index in [1.807, 2.05) is 18.7 Å². The highest BCUT2D eigenvalue weighted by atomic mass is 16.5. The predicted octanol–water partition coefficient (Wildman–Crippen LogP) is 0.0324. The molecule has 0 saturated carbocycles. The molecule has 1 rings (SSSR count). The minimum absolute atomic E-state index is 0.164. The first-order valence-corrected chi connectivity index (χ1v) is 4.32. The smallest absolute Gasteiger partial charge is 0.140 e. The first-order valence-electron chi connectivity index (χ1n) is 4.32. The summed E-state index contributed by atoms with van der Waals surface area (Å²) in [6.07, 6.45) is 1.73. The van der Waals surface area contributed by atoms with Gasteiger partial charge in [-0.1, -0.05) is 0 Å². The molecule has 5 nitrogen and oxygen atoms in total. The molecule has 1 atom stereocenters. The van der Waals surface area contributed by atoms with E-state index in [9.17, 15) is 0 Å². The summed E-state index contributed by atoms with van der Waals surface area (Å²) in [6, 6.07) is 0. The monoisotopic (exact) mass is 184 g/mol. The van der Waals surface area contributed by atoms with Crippen molar-refractivity contribution in [3.63, 3.8) is 0 Å². The summed E-state index contributed by atoms with van der Waals surface area (Å²) in [5, 5.41) is 7.15. The molecule has 0 aromatic carbocycles. The third kappa shape index (κ3) is 2.78. The van der Waals surface area contributed by atoms with Gasteiger partial charge in [0.05, 0.1) is 19.2 Å². The van der Waals surface area contributed by atoms with Crippen molar-refractivity contribution in [2.45, 2.75) is 26.1 Å². The maximum atomic E-state index is 5.15. The Morgan fingerprint density at radius 3 is 3.08 bits per heavy atom. The summed E-state index contributed by atoms with van der Waals surface area (Å²) in [5.74, 6) is 0.936. The van der Waals surface area contributed by atoms with Gasteiger partial charge in [-0.05, 0) is 14.0 Å². The van der Waals surface area contributed by atoms with Crippen LogP contribution in [0.5, 0.6) is 0 Å². The molecular formula is C8H16N4O. The summed E-state index contributed by atoms with van der Waals surface area (Å²) in [7, 11) is 3.58. The highest BCUT2D eigenvalue weighted by Gasteiger charge is 2.06. The number of hydrogen-bond donors (Lipinski definition) is 1. The number of aromatic nitrogens is 3.